The van der Waals surface area contributed by atoms with Crippen molar-refractivity contribution >= 4 is 0 Å². The first-order valence-electron chi connectivity index (χ1n) is 7.22. The van der Waals surface area contributed by atoms with Gasteiger partial charge in [-0.05, 0) is 31.4 Å². The van der Waals surface area contributed by atoms with E-state index in [1.807, 2.05) is 13.1 Å². The molecule has 0 saturated heterocycles. The zero-order valence-electron chi connectivity index (χ0n) is 12.1. The summed E-state index contributed by atoms with van der Waals surface area (Å²) in [7, 11) is 0. The third-order valence-corrected chi connectivity index (χ3v) is 3.46. The van der Waals surface area contributed by atoms with Crippen molar-refractivity contribution in [1.82, 2.24) is 20.3 Å². The Kier molecular flexibility index (Phi) is 4.15. The Labute approximate surface area is 123 Å². The van der Waals surface area contributed by atoms with Crippen molar-refractivity contribution in [2.45, 2.75) is 38.9 Å². The van der Waals surface area contributed by atoms with Crippen molar-refractivity contribution in [1.29, 1.82) is 0 Å². The molecule has 1 aromatic carbocycles. The zero-order valence-corrected chi connectivity index (χ0v) is 12.1. The molecule has 1 N–H and O–H groups in total. The van der Waals surface area contributed by atoms with E-state index in [0.717, 1.165) is 17.8 Å². The summed E-state index contributed by atoms with van der Waals surface area (Å²) >= 11 is 0. The Morgan fingerprint density at radius 1 is 1.43 bits per heavy atom. The van der Waals surface area contributed by atoms with E-state index < -0.39 is 0 Å². The van der Waals surface area contributed by atoms with Gasteiger partial charge in [0, 0.05) is 24.8 Å². The van der Waals surface area contributed by atoms with Gasteiger partial charge in [0.05, 0.1) is 12.2 Å². The minimum absolute atomic E-state index is 0.287. The molecule has 5 nitrogen and oxygen atoms in total. The molecule has 1 aromatic heterocycles. The van der Waals surface area contributed by atoms with E-state index in [2.05, 4.69) is 15.6 Å². The number of nitrogens with zero attached hydrogens (tertiary/aromatic N) is 3. The SMILES string of the molecule is Cc1ccc(F)cc1OCCn1cc(CNC2CC2)nn1. The predicted octanol–water partition coefficient (Wildman–Crippen LogP) is 2.06. The Hall–Kier alpha value is -1.95. The molecule has 112 valence electrons. The summed E-state index contributed by atoms with van der Waals surface area (Å²) in [6.07, 6.45) is 4.43. The molecule has 0 atom stereocenters. The van der Waals surface area contributed by atoms with Crippen LogP contribution in [0.15, 0.2) is 24.4 Å². The molecule has 0 unspecified atom stereocenters. The number of ether oxygens (including phenoxy) is 1. The number of hydrogen-bond acceptors (Lipinski definition) is 4. The van der Waals surface area contributed by atoms with Crippen molar-refractivity contribution in [2.75, 3.05) is 6.61 Å². The summed E-state index contributed by atoms with van der Waals surface area (Å²) in [5, 5.41) is 11.6. The number of aromatic nitrogens is 3. The lowest BCUT2D eigenvalue weighted by Gasteiger charge is -2.08. The van der Waals surface area contributed by atoms with Gasteiger partial charge in [-0.3, -0.25) is 0 Å². The molecule has 2 aromatic rings. The van der Waals surface area contributed by atoms with Crippen LogP contribution in [0.1, 0.15) is 24.1 Å². The van der Waals surface area contributed by atoms with Gasteiger partial charge in [0.15, 0.2) is 0 Å². The summed E-state index contributed by atoms with van der Waals surface area (Å²) in [6.45, 7) is 3.68. The van der Waals surface area contributed by atoms with Gasteiger partial charge in [-0.15, -0.1) is 5.10 Å². The van der Waals surface area contributed by atoms with Crippen LogP contribution >= 0.6 is 0 Å². The lowest BCUT2D eigenvalue weighted by Crippen LogP contribution is -2.15. The Morgan fingerprint density at radius 2 is 2.29 bits per heavy atom. The molecular formula is C15H19FN4O. The molecule has 6 heteroatoms. The molecule has 1 aliphatic carbocycles. The first-order valence-corrected chi connectivity index (χ1v) is 7.22. The summed E-state index contributed by atoms with van der Waals surface area (Å²) in [5.41, 5.74) is 1.85. The van der Waals surface area contributed by atoms with Crippen LogP contribution in [0, 0.1) is 12.7 Å². The second kappa shape index (κ2) is 6.22. The maximum absolute atomic E-state index is 13.1. The molecule has 0 bridgehead atoms. The van der Waals surface area contributed by atoms with Crippen molar-refractivity contribution in [3.05, 3.63) is 41.5 Å². The lowest BCUT2D eigenvalue weighted by atomic mass is 10.2. The molecule has 0 aliphatic heterocycles. The molecule has 3 rings (SSSR count). The number of halogens is 1. The van der Waals surface area contributed by atoms with E-state index in [9.17, 15) is 4.39 Å². The zero-order chi connectivity index (χ0) is 14.7. The highest BCUT2D eigenvalue weighted by molar-refractivity contribution is 5.32. The van der Waals surface area contributed by atoms with E-state index in [0.29, 0.717) is 24.9 Å². The number of benzene rings is 1. The topological polar surface area (TPSA) is 52.0 Å². The van der Waals surface area contributed by atoms with Crippen LogP contribution in [-0.2, 0) is 13.1 Å². The van der Waals surface area contributed by atoms with Crippen LogP contribution in [0.2, 0.25) is 0 Å². The first kappa shape index (κ1) is 14.0. The smallest absolute Gasteiger partial charge is 0.126 e. The van der Waals surface area contributed by atoms with Crippen molar-refractivity contribution in [3.63, 3.8) is 0 Å². The van der Waals surface area contributed by atoms with Gasteiger partial charge >= 0.3 is 0 Å². The molecule has 1 fully saturated rings. The molecule has 1 saturated carbocycles. The third kappa shape index (κ3) is 4.01. The third-order valence-electron chi connectivity index (χ3n) is 3.46. The molecule has 1 aliphatic rings. The monoisotopic (exact) mass is 290 g/mol. The van der Waals surface area contributed by atoms with Gasteiger partial charge in [0.2, 0.25) is 0 Å². The minimum atomic E-state index is -0.287. The van der Waals surface area contributed by atoms with Gasteiger partial charge < -0.3 is 10.1 Å². The molecule has 1 heterocycles. The maximum atomic E-state index is 13.1. The first-order chi connectivity index (χ1) is 10.2. The lowest BCUT2D eigenvalue weighted by molar-refractivity contribution is 0.286. The average Bonchev–Trinajstić information content (AvgIpc) is 3.20. The van der Waals surface area contributed by atoms with E-state index in [1.54, 1.807) is 10.7 Å². The van der Waals surface area contributed by atoms with Crippen LogP contribution in [0.4, 0.5) is 4.39 Å². The van der Waals surface area contributed by atoms with Crippen LogP contribution in [0.25, 0.3) is 0 Å². The summed E-state index contributed by atoms with van der Waals surface area (Å²) in [6, 6.07) is 5.21. The second-order valence-corrected chi connectivity index (χ2v) is 5.39. The fourth-order valence-corrected chi connectivity index (χ4v) is 2.04. The van der Waals surface area contributed by atoms with Gasteiger partial charge in [0.1, 0.15) is 18.2 Å². The van der Waals surface area contributed by atoms with Crippen molar-refractivity contribution in [3.8, 4) is 5.75 Å². The van der Waals surface area contributed by atoms with Crippen LogP contribution in [-0.4, -0.2) is 27.6 Å². The van der Waals surface area contributed by atoms with E-state index >= 15 is 0 Å². The van der Waals surface area contributed by atoms with Crippen LogP contribution in [0.3, 0.4) is 0 Å². The average molecular weight is 290 g/mol. The van der Waals surface area contributed by atoms with Gasteiger partial charge in [0.25, 0.3) is 0 Å². The summed E-state index contributed by atoms with van der Waals surface area (Å²) < 4.78 is 20.5. The summed E-state index contributed by atoms with van der Waals surface area (Å²) in [4.78, 5) is 0. The van der Waals surface area contributed by atoms with Crippen molar-refractivity contribution in [2.24, 2.45) is 0 Å². The summed E-state index contributed by atoms with van der Waals surface area (Å²) in [5.74, 6) is 0.288. The number of nitrogens with one attached hydrogen (secondary N) is 1. The van der Waals surface area contributed by atoms with Gasteiger partial charge in [-0.2, -0.15) is 0 Å². The standard InChI is InChI=1S/C15H19FN4O/c1-11-2-3-12(16)8-15(11)21-7-6-20-10-14(18-19-20)9-17-13-4-5-13/h2-3,8,10,13,17H,4-7,9H2,1H3. The normalized spacial score (nSPS) is 14.4. The fourth-order valence-electron chi connectivity index (χ4n) is 2.04. The molecule has 0 spiro atoms. The van der Waals surface area contributed by atoms with Gasteiger partial charge in [-0.25, -0.2) is 9.07 Å². The maximum Gasteiger partial charge on any atom is 0.126 e. The van der Waals surface area contributed by atoms with Gasteiger partial charge in [-0.1, -0.05) is 11.3 Å². The molecule has 0 amide bonds. The minimum Gasteiger partial charge on any atom is -0.491 e. The molecular weight excluding hydrogens is 271 g/mol. The van der Waals surface area contributed by atoms with Crippen LogP contribution in [0.5, 0.6) is 5.75 Å². The molecule has 21 heavy (non-hydrogen) atoms. The highest BCUT2D eigenvalue weighted by atomic mass is 19.1. The molecule has 0 radical (unpaired) electrons. The Balaban J connectivity index is 1.47. The largest absolute Gasteiger partial charge is 0.491 e. The number of rotatable bonds is 7. The number of hydrogen-bond donors (Lipinski definition) is 1. The second-order valence-electron chi connectivity index (χ2n) is 5.39. The van der Waals surface area contributed by atoms with Crippen molar-refractivity contribution < 1.29 is 9.13 Å². The predicted molar refractivity (Wildman–Crippen MR) is 76.5 cm³/mol. The number of aryl methyl sites for hydroxylation is 1. The Morgan fingerprint density at radius 3 is 3.10 bits per heavy atom. The highest BCUT2D eigenvalue weighted by Crippen LogP contribution is 2.19. The Bertz CT molecular complexity index is 609. The quantitative estimate of drug-likeness (QED) is 0.848. The van der Waals surface area contributed by atoms with E-state index in [-0.39, 0.29) is 5.82 Å². The van der Waals surface area contributed by atoms with E-state index in [4.69, 9.17) is 4.74 Å². The highest BCUT2D eigenvalue weighted by Gasteiger charge is 2.20. The fraction of sp³-hybridized carbons (Fsp3) is 0.467. The van der Waals surface area contributed by atoms with Crippen LogP contribution < -0.4 is 10.1 Å². The van der Waals surface area contributed by atoms with E-state index in [1.165, 1.54) is 25.0 Å².